The van der Waals surface area contributed by atoms with Gasteiger partial charge in [-0.2, -0.15) is 0 Å². The molecule has 0 heterocycles. The molecular weight excluding hydrogens is 426 g/mol. The van der Waals surface area contributed by atoms with Gasteiger partial charge in [-0.05, 0) is 44.9 Å². The first-order valence-corrected chi connectivity index (χ1v) is 12.0. The second-order valence-electron chi connectivity index (χ2n) is 7.56. The molecule has 1 aromatic rings. The molecule has 0 radical (unpaired) electrons. The maximum Gasteiger partial charge on any atom is 0.224 e. The van der Waals surface area contributed by atoms with Crippen molar-refractivity contribution in [3.05, 3.63) is 72.9 Å². The Morgan fingerprint density at radius 2 is 1.21 bits per heavy atom. The minimum Gasteiger partial charge on any atom is -0.496 e. The molecule has 0 aliphatic heterocycles. The standard InChI is InChI=1S/C29H41NO4/c1-5-6-7-8-9-10-11-12-13-14-15-16-17-18-19-20-21-22-28(31)30-29-26(33-3)23-25(32-2)24-27(29)34-4/h6-7,9-10,12-13,15-16,18-19,23-24H,5,8,11,14,17,20-22H2,1-4H3,(H,30,31)/b7-6-,10-9-,13-12-,16-15-,19-18-. The van der Waals surface area contributed by atoms with E-state index >= 15 is 0 Å². The second kappa shape index (κ2) is 19.3. The Bertz CT molecular complexity index is 825. The van der Waals surface area contributed by atoms with Crippen molar-refractivity contribution in [3.63, 3.8) is 0 Å². The monoisotopic (exact) mass is 467 g/mol. The Labute approximate surface area is 205 Å². The summed E-state index contributed by atoms with van der Waals surface area (Å²) in [5.74, 6) is 1.53. The fraction of sp³-hybridized carbons (Fsp3) is 0.414. The third kappa shape index (κ3) is 12.7. The van der Waals surface area contributed by atoms with Gasteiger partial charge in [-0.3, -0.25) is 4.79 Å². The van der Waals surface area contributed by atoms with Crippen molar-refractivity contribution in [2.75, 3.05) is 26.6 Å². The molecule has 0 saturated heterocycles. The van der Waals surface area contributed by atoms with Gasteiger partial charge in [-0.15, -0.1) is 0 Å². The number of methoxy groups -OCH3 is 3. The molecule has 5 heteroatoms. The first-order chi connectivity index (χ1) is 16.7. The fourth-order valence-corrected chi connectivity index (χ4v) is 3.08. The zero-order valence-corrected chi connectivity index (χ0v) is 21.2. The third-order valence-corrected chi connectivity index (χ3v) is 4.91. The van der Waals surface area contributed by atoms with Crippen molar-refractivity contribution in [3.8, 4) is 17.2 Å². The van der Waals surface area contributed by atoms with Crippen LogP contribution in [0.4, 0.5) is 5.69 Å². The van der Waals surface area contributed by atoms with E-state index in [0.717, 1.165) is 44.9 Å². The summed E-state index contributed by atoms with van der Waals surface area (Å²) in [6.45, 7) is 2.15. The molecule has 34 heavy (non-hydrogen) atoms. The van der Waals surface area contributed by atoms with E-state index in [1.54, 1.807) is 33.5 Å². The minimum absolute atomic E-state index is 0.0749. The van der Waals surface area contributed by atoms with E-state index in [0.29, 0.717) is 29.4 Å². The normalized spacial score (nSPS) is 12.0. The number of carbonyl (C=O) groups is 1. The molecule has 1 N–H and O–H groups in total. The van der Waals surface area contributed by atoms with Crippen LogP contribution in [0, 0.1) is 0 Å². The predicted octanol–water partition coefficient (Wildman–Crippen LogP) is 7.57. The third-order valence-electron chi connectivity index (χ3n) is 4.91. The molecule has 1 aromatic carbocycles. The van der Waals surface area contributed by atoms with E-state index in [1.807, 2.05) is 0 Å². The second-order valence-corrected chi connectivity index (χ2v) is 7.56. The molecule has 0 aliphatic rings. The molecule has 0 aliphatic carbocycles. The fourth-order valence-electron chi connectivity index (χ4n) is 3.08. The summed E-state index contributed by atoms with van der Waals surface area (Å²) in [5, 5.41) is 2.89. The van der Waals surface area contributed by atoms with Crippen molar-refractivity contribution in [2.45, 2.75) is 58.3 Å². The van der Waals surface area contributed by atoms with Crippen LogP contribution in [0.15, 0.2) is 72.9 Å². The Morgan fingerprint density at radius 3 is 1.65 bits per heavy atom. The number of ether oxygens (including phenoxy) is 3. The van der Waals surface area contributed by atoms with Crippen molar-refractivity contribution >= 4 is 11.6 Å². The lowest BCUT2D eigenvalue weighted by Gasteiger charge is -2.15. The first-order valence-electron chi connectivity index (χ1n) is 12.0. The average molecular weight is 468 g/mol. The first kappa shape index (κ1) is 28.8. The summed E-state index contributed by atoms with van der Waals surface area (Å²) in [5.41, 5.74) is 0.519. The number of rotatable bonds is 17. The van der Waals surface area contributed by atoms with Gasteiger partial charge >= 0.3 is 0 Å². The van der Waals surface area contributed by atoms with E-state index in [9.17, 15) is 4.79 Å². The molecule has 5 nitrogen and oxygen atoms in total. The lowest BCUT2D eigenvalue weighted by atomic mass is 10.2. The molecule has 1 rings (SSSR count). The number of allylic oxidation sites excluding steroid dienone is 10. The number of hydrogen-bond acceptors (Lipinski definition) is 4. The SMILES string of the molecule is CC/C=C\C/C=C\C/C=C\C/C=C\C/C=C\CCCC(=O)Nc1c(OC)cc(OC)cc1OC. The largest absolute Gasteiger partial charge is 0.496 e. The lowest BCUT2D eigenvalue weighted by molar-refractivity contribution is -0.116. The Balaban J connectivity index is 2.23. The molecule has 0 bridgehead atoms. The van der Waals surface area contributed by atoms with E-state index in [2.05, 4.69) is 73.0 Å². The molecule has 0 aromatic heterocycles. The van der Waals surface area contributed by atoms with Crippen LogP contribution >= 0.6 is 0 Å². The summed E-state index contributed by atoms with van der Waals surface area (Å²) >= 11 is 0. The van der Waals surface area contributed by atoms with Crippen LogP contribution in [-0.4, -0.2) is 27.2 Å². The minimum atomic E-state index is -0.0749. The molecule has 0 saturated carbocycles. The maximum absolute atomic E-state index is 12.4. The van der Waals surface area contributed by atoms with E-state index in [-0.39, 0.29) is 5.91 Å². The van der Waals surface area contributed by atoms with Crippen LogP contribution in [-0.2, 0) is 4.79 Å². The molecule has 186 valence electrons. The summed E-state index contributed by atoms with van der Waals surface area (Å²) in [7, 11) is 4.66. The van der Waals surface area contributed by atoms with Gasteiger partial charge in [-0.1, -0.05) is 67.7 Å². The number of carbonyl (C=O) groups excluding carboxylic acids is 1. The highest BCUT2D eigenvalue weighted by molar-refractivity contribution is 5.94. The van der Waals surface area contributed by atoms with Crippen LogP contribution < -0.4 is 19.5 Å². The summed E-state index contributed by atoms with van der Waals surface area (Å²) < 4.78 is 16.0. The highest BCUT2D eigenvalue weighted by Gasteiger charge is 2.15. The molecular formula is C29H41NO4. The Kier molecular flexibility index (Phi) is 16.3. The van der Waals surface area contributed by atoms with Crippen LogP contribution in [0.1, 0.15) is 58.3 Å². The smallest absolute Gasteiger partial charge is 0.224 e. The van der Waals surface area contributed by atoms with Crippen LogP contribution in [0.25, 0.3) is 0 Å². The molecule has 0 spiro atoms. The van der Waals surface area contributed by atoms with Crippen molar-refractivity contribution in [1.29, 1.82) is 0 Å². The Morgan fingerprint density at radius 1 is 0.735 bits per heavy atom. The zero-order valence-electron chi connectivity index (χ0n) is 21.2. The average Bonchev–Trinajstić information content (AvgIpc) is 2.85. The highest BCUT2D eigenvalue weighted by Crippen LogP contribution is 2.38. The van der Waals surface area contributed by atoms with Crippen molar-refractivity contribution in [1.82, 2.24) is 0 Å². The van der Waals surface area contributed by atoms with Crippen LogP contribution in [0.5, 0.6) is 17.2 Å². The van der Waals surface area contributed by atoms with E-state index in [1.165, 1.54) is 0 Å². The summed E-state index contributed by atoms with van der Waals surface area (Å²) in [6.07, 6.45) is 28.8. The van der Waals surface area contributed by atoms with Crippen molar-refractivity contribution in [2.24, 2.45) is 0 Å². The summed E-state index contributed by atoms with van der Waals surface area (Å²) in [4.78, 5) is 12.4. The van der Waals surface area contributed by atoms with E-state index in [4.69, 9.17) is 14.2 Å². The molecule has 0 fully saturated rings. The highest BCUT2D eigenvalue weighted by atomic mass is 16.5. The Hall–Kier alpha value is -3.21. The topological polar surface area (TPSA) is 56.8 Å². The van der Waals surface area contributed by atoms with Gasteiger partial charge in [0.25, 0.3) is 0 Å². The molecule has 0 unspecified atom stereocenters. The van der Waals surface area contributed by atoms with Crippen LogP contribution in [0.3, 0.4) is 0 Å². The number of amides is 1. The summed E-state index contributed by atoms with van der Waals surface area (Å²) in [6, 6.07) is 3.43. The van der Waals surface area contributed by atoms with Crippen molar-refractivity contribution < 1.29 is 19.0 Å². The quantitative estimate of drug-likeness (QED) is 0.190. The zero-order chi connectivity index (χ0) is 24.9. The van der Waals surface area contributed by atoms with Gasteiger partial charge in [0.05, 0.1) is 21.3 Å². The lowest BCUT2D eigenvalue weighted by Crippen LogP contribution is -2.13. The van der Waals surface area contributed by atoms with Gasteiger partial charge in [0.15, 0.2) is 0 Å². The predicted molar refractivity (Wildman–Crippen MR) is 143 cm³/mol. The van der Waals surface area contributed by atoms with E-state index < -0.39 is 0 Å². The number of benzene rings is 1. The van der Waals surface area contributed by atoms with Gasteiger partial charge in [0.2, 0.25) is 5.91 Å². The van der Waals surface area contributed by atoms with Gasteiger partial charge in [0.1, 0.15) is 22.9 Å². The van der Waals surface area contributed by atoms with Gasteiger partial charge < -0.3 is 19.5 Å². The number of nitrogens with one attached hydrogen (secondary N) is 1. The molecule has 0 atom stereocenters. The number of unbranched alkanes of at least 4 members (excludes halogenated alkanes) is 1. The number of anilines is 1. The van der Waals surface area contributed by atoms with Gasteiger partial charge in [-0.25, -0.2) is 0 Å². The maximum atomic E-state index is 12.4. The molecule has 1 amide bonds. The van der Waals surface area contributed by atoms with Crippen LogP contribution in [0.2, 0.25) is 0 Å². The number of hydrogen-bond donors (Lipinski definition) is 1. The van der Waals surface area contributed by atoms with Gasteiger partial charge in [0, 0.05) is 18.6 Å².